The van der Waals surface area contributed by atoms with Crippen molar-refractivity contribution in [1.82, 2.24) is 0 Å². The lowest BCUT2D eigenvalue weighted by Crippen LogP contribution is -2.40. The average molecular weight is 237 g/mol. The Balaban J connectivity index is 1.85. The Hall–Kier alpha value is -0.0400. The normalized spacial score (nSPS) is 34.9. The second-order valence-corrected chi connectivity index (χ2v) is 6.71. The topological polar surface area (TPSA) is 26.0 Å². The zero-order chi connectivity index (χ0) is 12.1. The van der Waals surface area contributed by atoms with E-state index in [0.717, 1.165) is 17.8 Å². The van der Waals surface area contributed by atoms with Crippen LogP contribution in [0.1, 0.15) is 77.6 Å². The molecule has 0 spiro atoms. The maximum absolute atomic E-state index is 6.61. The van der Waals surface area contributed by atoms with Crippen LogP contribution in [0.4, 0.5) is 0 Å². The van der Waals surface area contributed by atoms with E-state index in [4.69, 9.17) is 5.73 Å². The highest BCUT2D eigenvalue weighted by molar-refractivity contribution is 4.84. The Bertz CT molecular complexity index is 206. The molecule has 2 aliphatic rings. The lowest BCUT2D eigenvalue weighted by atomic mass is 9.73. The Morgan fingerprint density at radius 2 is 1.35 bits per heavy atom. The molecule has 0 aliphatic heterocycles. The van der Waals surface area contributed by atoms with Crippen molar-refractivity contribution in [2.75, 3.05) is 0 Å². The summed E-state index contributed by atoms with van der Waals surface area (Å²) in [5, 5.41) is 0. The molecule has 0 saturated heterocycles. The molecule has 2 N–H and O–H groups in total. The van der Waals surface area contributed by atoms with E-state index < -0.39 is 0 Å². The second-order valence-electron chi connectivity index (χ2n) is 6.71. The molecule has 1 heteroatoms. The number of hydrogen-bond acceptors (Lipinski definition) is 1. The molecule has 1 nitrogen and oxygen atoms in total. The Morgan fingerprint density at radius 3 is 2.00 bits per heavy atom. The van der Waals surface area contributed by atoms with Gasteiger partial charge < -0.3 is 5.73 Å². The summed E-state index contributed by atoms with van der Waals surface area (Å²) < 4.78 is 0. The van der Waals surface area contributed by atoms with Gasteiger partial charge in [-0.15, -0.1) is 0 Å². The van der Waals surface area contributed by atoms with Gasteiger partial charge in [0.1, 0.15) is 0 Å². The van der Waals surface area contributed by atoms with Crippen LogP contribution in [0.5, 0.6) is 0 Å². The molecule has 0 bridgehead atoms. The van der Waals surface area contributed by atoms with Crippen LogP contribution in [0.2, 0.25) is 0 Å². The molecular weight excluding hydrogens is 206 g/mol. The zero-order valence-electron chi connectivity index (χ0n) is 11.7. The third-order valence-electron chi connectivity index (χ3n) is 5.22. The van der Waals surface area contributed by atoms with Crippen LogP contribution >= 0.6 is 0 Å². The van der Waals surface area contributed by atoms with Gasteiger partial charge in [-0.2, -0.15) is 0 Å². The Labute approximate surface area is 108 Å². The fourth-order valence-corrected chi connectivity index (χ4v) is 4.09. The van der Waals surface area contributed by atoms with Gasteiger partial charge in [0.2, 0.25) is 0 Å². The van der Waals surface area contributed by atoms with Gasteiger partial charge in [0.15, 0.2) is 0 Å². The molecule has 0 radical (unpaired) electrons. The van der Waals surface area contributed by atoms with E-state index in [1.165, 1.54) is 70.6 Å². The van der Waals surface area contributed by atoms with Crippen LogP contribution < -0.4 is 5.73 Å². The fourth-order valence-electron chi connectivity index (χ4n) is 4.09. The SMILES string of the molecule is CC1CCCC(C(N)C2CCCCCCC2)C1. The molecule has 17 heavy (non-hydrogen) atoms. The minimum Gasteiger partial charge on any atom is -0.327 e. The number of hydrogen-bond donors (Lipinski definition) is 1. The molecule has 2 fully saturated rings. The summed E-state index contributed by atoms with van der Waals surface area (Å²) in [7, 11) is 0. The summed E-state index contributed by atoms with van der Waals surface area (Å²) in [5.41, 5.74) is 6.61. The van der Waals surface area contributed by atoms with E-state index in [2.05, 4.69) is 6.92 Å². The largest absolute Gasteiger partial charge is 0.327 e. The molecule has 2 saturated carbocycles. The minimum absolute atomic E-state index is 0.510. The van der Waals surface area contributed by atoms with E-state index in [1.54, 1.807) is 0 Å². The smallest absolute Gasteiger partial charge is 0.00957 e. The standard InChI is InChI=1S/C16H31N/c1-13-8-7-11-15(12-13)16(17)14-9-5-3-2-4-6-10-14/h13-16H,2-12,17H2,1H3. The van der Waals surface area contributed by atoms with Crippen molar-refractivity contribution in [3.63, 3.8) is 0 Å². The first-order valence-electron chi connectivity index (χ1n) is 8.03. The highest BCUT2D eigenvalue weighted by Gasteiger charge is 2.29. The van der Waals surface area contributed by atoms with E-state index in [-0.39, 0.29) is 0 Å². The van der Waals surface area contributed by atoms with Gasteiger partial charge in [-0.05, 0) is 43.4 Å². The predicted molar refractivity (Wildman–Crippen MR) is 74.9 cm³/mol. The summed E-state index contributed by atoms with van der Waals surface area (Å²) in [5.74, 6) is 2.60. The van der Waals surface area contributed by atoms with E-state index in [9.17, 15) is 0 Å². The van der Waals surface area contributed by atoms with Gasteiger partial charge in [0, 0.05) is 6.04 Å². The molecule has 0 heterocycles. The first-order chi connectivity index (χ1) is 8.27. The van der Waals surface area contributed by atoms with Crippen molar-refractivity contribution in [1.29, 1.82) is 0 Å². The first-order valence-corrected chi connectivity index (χ1v) is 8.03. The molecule has 100 valence electrons. The van der Waals surface area contributed by atoms with Crippen LogP contribution in [0.15, 0.2) is 0 Å². The van der Waals surface area contributed by atoms with Gasteiger partial charge in [-0.1, -0.05) is 51.9 Å². The minimum atomic E-state index is 0.510. The summed E-state index contributed by atoms with van der Waals surface area (Å²) in [6.45, 7) is 2.41. The van der Waals surface area contributed by atoms with Crippen molar-refractivity contribution in [3.05, 3.63) is 0 Å². The maximum atomic E-state index is 6.61. The van der Waals surface area contributed by atoms with Gasteiger partial charge in [0.05, 0.1) is 0 Å². The lowest BCUT2D eigenvalue weighted by Gasteiger charge is -2.36. The Kier molecular flexibility index (Phi) is 5.34. The van der Waals surface area contributed by atoms with E-state index >= 15 is 0 Å². The monoisotopic (exact) mass is 237 g/mol. The molecular formula is C16H31N. The van der Waals surface area contributed by atoms with Gasteiger partial charge in [-0.3, -0.25) is 0 Å². The lowest BCUT2D eigenvalue weighted by molar-refractivity contribution is 0.186. The summed E-state index contributed by atoms with van der Waals surface area (Å²) in [6, 6.07) is 0.510. The first kappa shape index (κ1) is 13.4. The summed E-state index contributed by atoms with van der Waals surface area (Å²) in [6.07, 6.45) is 15.7. The van der Waals surface area contributed by atoms with E-state index in [0.29, 0.717) is 6.04 Å². The van der Waals surface area contributed by atoms with Crippen LogP contribution in [0.25, 0.3) is 0 Å². The van der Waals surface area contributed by atoms with Crippen molar-refractivity contribution in [2.24, 2.45) is 23.5 Å². The second kappa shape index (κ2) is 6.78. The van der Waals surface area contributed by atoms with Gasteiger partial charge in [-0.25, -0.2) is 0 Å². The summed E-state index contributed by atoms with van der Waals surface area (Å²) >= 11 is 0. The highest BCUT2D eigenvalue weighted by atomic mass is 14.7. The number of rotatable bonds is 2. The highest BCUT2D eigenvalue weighted by Crippen LogP contribution is 2.35. The zero-order valence-corrected chi connectivity index (χ0v) is 11.7. The fraction of sp³-hybridized carbons (Fsp3) is 1.00. The summed E-state index contributed by atoms with van der Waals surface area (Å²) in [4.78, 5) is 0. The number of nitrogens with two attached hydrogens (primary N) is 1. The van der Waals surface area contributed by atoms with Crippen LogP contribution in [0.3, 0.4) is 0 Å². The van der Waals surface area contributed by atoms with Crippen LogP contribution in [0, 0.1) is 17.8 Å². The molecule has 0 amide bonds. The van der Waals surface area contributed by atoms with Gasteiger partial charge in [0.25, 0.3) is 0 Å². The molecule has 2 rings (SSSR count). The third-order valence-corrected chi connectivity index (χ3v) is 5.22. The Morgan fingerprint density at radius 1 is 0.765 bits per heavy atom. The van der Waals surface area contributed by atoms with Crippen molar-refractivity contribution in [3.8, 4) is 0 Å². The van der Waals surface area contributed by atoms with Crippen molar-refractivity contribution in [2.45, 2.75) is 83.6 Å². The van der Waals surface area contributed by atoms with Crippen LogP contribution in [-0.4, -0.2) is 6.04 Å². The molecule has 2 aliphatic carbocycles. The van der Waals surface area contributed by atoms with Gasteiger partial charge >= 0.3 is 0 Å². The average Bonchev–Trinajstić information content (AvgIpc) is 2.28. The molecule has 0 aromatic carbocycles. The molecule has 0 aromatic rings. The maximum Gasteiger partial charge on any atom is 0.00957 e. The molecule has 3 unspecified atom stereocenters. The quantitative estimate of drug-likeness (QED) is 0.752. The van der Waals surface area contributed by atoms with Crippen molar-refractivity contribution < 1.29 is 0 Å². The van der Waals surface area contributed by atoms with Crippen LogP contribution in [-0.2, 0) is 0 Å². The predicted octanol–water partition coefficient (Wildman–Crippen LogP) is 4.50. The molecule has 3 atom stereocenters. The van der Waals surface area contributed by atoms with E-state index in [1.807, 2.05) is 0 Å². The van der Waals surface area contributed by atoms with Crippen molar-refractivity contribution >= 4 is 0 Å². The molecule has 0 aromatic heterocycles. The third kappa shape index (κ3) is 3.98.